The van der Waals surface area contributed by atoms with E-state index in [9.17, 15) is 0 Å². The second kappa shape index (κ2) is 9.88. The van der Waals surface area contributed by atoms with E-state index in [1.165, 1.54) is 7.11 Å². The monoisotopic (exact) mass is 111 g/mol. The molecule has 0 fully saturated rings. The Labute approximate surface area is 35.2 Å². The SMILES string of the molecule is COO.[Cu+2]. The molecule has 0 aromatic rings. The molecule has 2 nitrogen and oxygen atoms in total. The molecule has 0 bridgehead atoms. The molecule has 0 aromatic carbocycles. The van der Waals surface area contributed by atoms with Crippen molar-refractivity contribution in [2.24, 2.45) is 0 Å². The molecule has 0 aliphatic carbocycles. The van der Waals surface area contributed by atoms with Gasteiger partial charge in [-0.25, -0.2) is 4.89 Å². The van der Waals surface area contributed by atoms with E-state index in [4.69, 9.17) is 5.26 Å². The molecular formula is CH4CuO2+2. The molecule has 0 aromatic heterocycles. The molecular weight excluding hydrogens is 108 g/mol. The fourth-order valence-corrected chi connectivity index (χ4v) is 0. The smallest absolute Gasteiger partial charge is 0.252 e. The molecule has 0 saturated heterocycles. The number of hydrogen-bond acceptors (Lipinski definition) is 2. The van der Waals surface area contributed by atoms with E-state index in [-0.39, 0.29) is 17.1 Å². The van der Waals surface area contributed by atoms with E-state index in [0.717, 1.165) is 0 Å². The Morgan fingerprint density at radius 1 is 1.75 bits per heavy atom. The molecule has 29 valence electrons. The van der Waals surface area contributed by atoms with Crippen LogP contribution in [0.25, 0.3) is 0 Å². The first-order valence-corrected chi connectivity index (χ1v) is 0.591. The van der Waals surface area contributed by atoms with Crippen molar-refractivity contribution >= 4 is 0 Å². The van der Waals surface area contributed by atoms with Crippen LogP contribution in [0.4, 0.5) is 0 Å². The summed E-state index contributed by atoms with van der Waals surface area (Å²) in [5, 5.41) is 7.07. The van der Waals surface area contributed by atoms with Crippen LogP contribution in [0.2, 0.25) is 0 Å². The van der Waals surface area contributed by atoms with Gasteiger partial charge < -0.3 is 0 Å². The molecule has 3 heteroatoms. The van der Waals surface area contributed by atoms with Gasteiger partial charge in [-0.1, -0.05) is 0 Å². The second-order valence-corrected chi connectivity index (χ2v) is 0.183. The quantitative estimate of drug-likeness (QED) is 0.273. The molecule has 1 N–H and O–H groups in total. The Hall–Kier alpha value is 0.439. The molecule has 0 unspecified atom stereocenters. The normalized spacial score (nSPS) is 4.50. The predicted octanol–water partition coefficient (Wildman–Crippen LogP) is 0.103. The summed E-state index contributed by atoms with van der Waals surface area (Å²) in [6.45, 7) is 0. The van der Waals surface area contributed by atoms with Crippen LogP contribution in [0.5, 0.6) is 0 Å². The molecule has 0 saturated carbocycles. The van der Waals surface area contributed by atoms with E-state index in [1.54, 1.807) is 0 Å². The van der Waals surface area contributed by atoms with Gasteiger partial charge in [-0.3, -0.25) is 5.26 Å². The number of hydrogen-bond donors (Lipinski definition) is 1. The van der Waals surface area contributed by atoms with Crippen molar-refractivity contribution in [3.63, 3.8) is 0 Å². The average molecular weight is 112 g/mol. The Balaban J connectivity index is 0. The topological polar surface area (TPSA) is 29.5 Å². The van der Waals surface area contributed by atoms with Gasteiger partial charge in [0.05, 0.1) is 7.11 Å². The van der Waals surface area contributed by atoms with E-state index in [1.807, 2.05) is 0 Å². The summed E-state index contributed by atoms with van der Waals surface area (Å²) in [5.74, 6) is 0. The minimum atomic E-state index is 0. The minimum Gasteiger partial charge on any atom is -0.252 e. The largest absolute Gasteiger partial charge is 2.00 e. The summed E-state index contributed by atoms with van der Waals surface area (Å²) in [4.78, 5) is 3.25. The Morgan fingerprint density at radius 2 is 1.75 bits per heavy atom. The van der Waals surface area contributed by atoms with Crippen molar-refractivity contribution in [2.45, 2.75) is 0 Å². The van der Waals surface area contributed by atoms with Crippen LogP contribution in [0.3, 0.4) is 0 Å². The van der Waals surface area contributed by atoms with E-state index >= 15 is 0 Å². The Bertz CT molecular complexity index is 6.00. The van der Waals surface area contributed by atoms with Crippen molar-refractivity contribution in [1.29, 1.82) is 0 Å². The third-order valence-corrected chi connectivity index (χ3v) is 0. The van der Waals surface area contributed by atoms with Crippen molar-refractivity contribution in [1.82, 2.24) is 0 Å². The summed E-state index contributed by atoms with van der Waals surface area (Å²) >= 11 is 0. The predicted molar refractivity (Wildman–Crippen MR) is 9.64 cm³/mol. The molecule has 0 aliphatic rings. The summed E-state index contributed by atoms with van der Waals surface area (Å²) < 4.78 is 0. The molecule has 0 rings (SSSR count). The first-order valence-electron chi connectivity index (χ1n) is 0.591. The van der Waals surface area contributed by atoms with Crippen LogP contribution in [-0.4, -0.2) is 12.4 Å². The van der Waals surface area contributed by atoms with Crippen LogP contribution < -0.4 is 0 Å². The van der Waals surface area contributed by atoms with Gasteiger partial charge >= 0.3 is 17.1 Å². The van der Waals surface area contributed by atoms with E-state index in [2.05, 4.69) is 4.89 Å². The molecule has 1 radical (unpaired) electrons. The summed E-state index contributed by atoms with van der Waals surface area (Å²) in [5.41, 5.74) is 0. The van der Waals surface area contributed by atoms with Crippen LogP contribution in [0.1, 0.15) is 0 Å². The zero-order valence-corrected chi connectivity index (χ0v) is 3.10. The van der Waals surface area contributed by atoms with Crippen LogP contribution >= 0.6 is 0 Å². The van der Waals surface area contributed by atoms with Crippen molar-refractivity contribution in [3.05, 3.63) is 0 Å². The maximum atomic E-state index is 7.07. The zero-order chi connectivity index (χ0) is 2.71. The fourth-order valence-electron chi connectivity index (χ4n) is 0. The average Bonchev–Trinajstić information content (AvgIpc) is 0.918. The van der Waals surface area contributed by atoms with Gasteiger partial charge in [-0.05, 0) is 0 Å². The van der Waals surface area contributed by atoms with Crippen molar-refractivity contribution in [3.8, 4) is 0 Å². The summed E-state index contributed by atoms with van der Waals surface area (Å²) in [6, 6.07) is 0. The van der Waals surface area contributed by atoms with Crippen LogP contribution in [-0.2, 0) is 22.0 Å². The van der Waals surface area contributed by atoms with Gasteiger partial charge in [-0.2, -0.15) is 0 Å². The third kappa shape index (κ3) is 26.2. The molecule has 4 heavy (non-hydrogen) atoms. The summed E-state index contributed by atoms with van der Waals surface area (Å²) in [7, 11) is 1.18. The molecule has 0 amide bonds. The van der Waals surface area contributed by atoms with Gasteiger partial charge in [0.2, 0.25) is 0 Å². The third-order valence-electron chi connectivity index (χ3n) is 0. The minimum absolute atomic E-state index is 0. The van der Waals surface area contributed by atoms with Crippen molar-refractivity contribution in [2.75, 3.05) is 7.11 Å². The zero-order valence-electron chi connectivity index (χ0n) is 2.16. The van der Waals surface area contributed by atoms with Gasteiger partial charge in [0.15, 0.2) is 0 Å². The van der Waals surface area contributed by atoms with Gasteiger partial charge in [0, 0.05) is 0 Å². The first-order chi connectivity index (χ1) is 1.41. The molecule has 0 heterocycles. The van der Waals surface area contributed by atoms with Crippen LogP contribution in [0.15, 0.2) is 0 Å². The molecule has 0 spiro atoms. The van der Waals surface area contributed by atoms with E-state index in [0.29, 0.717) is 0 Å². The van der Waals surface area contributed by atoms with Gasteiger partial charge in [0.1, 0.15) is 0 Å². The van der Waals surface area contributed by atoms with Crippen molar-refractivity contribution < 1.29 is 27.2 Å². The maximum absolute atomic E-state index is 7.07. The van der Waals surface area contributed by atoms with Crippen LogP contribution in [0, 0.1) is 0 Å². The standard InChI is InChI=1S/CH4O2.Cu/c1-3-2;/h2H,1H3;/q;+2. The number of rotatable bonds is 0. The maximum Gasteiger partial charge on any atom is 2.00 e. The van der Waals surface area contributed by atoms with Gasteiger partial charge in [0.25, 0.3) is 0 Å². The second-order valence-electron chi connectivity index (χ2n) is 0.183. The van der Waals surface area contributed by atoms with E-state index < -0.39 is 0 Å². The fraction of sp³-hybridized carbons (Fsp3) is 1.00. The summed E-state index contributed by atoms with van der Waals surface area (Å²) in [6.07, 6.45) is 0. The first kappa shape index (κ1) is 8.83. The Morgan fingerprint density at radius 3 is 1.75 bits per heavy atom. The molecule has 0 aliphatic heterocycles. The molecule has 0 atom stereocenters. The Kier molecular flexibility index (Phi) is 21.8. The van der Waals surface area contributed by atoms with Gasteiger partial charge in [-0.15, -0.1) is 0 Å².